The summed E-state index contributed by atoms with van der Waals surface area (Å²) < 4.78 is 5.64. The van der Waals surface area contributed by atoms with Gasteiger partial charge in [-0.25, -0.2) is 0 Å². The number of rotatable bonds is 8. The molecule has 0 aromatic heterocycles. The minimum Gasteiger partial charge on any atom is -0.489 e. The van der Waals surface area contributed by atoms with Gasteiger partial charge in [0.25, 0.3) is 23.4 Å². The first-order chi connectivity index (χ1) is 16.7. The highest BCUT2D eigenvalue weighted by molar-refractivity contribution is 6.30. The molecule has 0 saturated heterocycles. The van der Waals surface area contributed by atoms with Gasteiger partial charge in [0.15, 0.2) is 0 Å². The van der Waals surface area contributed by atoms with Crippen molar-refractivity contribution in [1.29, 1.82) is 0 Å². The van der Waals surface area contributed by atoms with Gasteiger partial charge >= 0.3 is 0 Å². The van der Waals surface area contributed by atoms with E-state index in [0.717, 1.165) is 11.6 Å². The second-order valence-corrected chi connectivity index (χ2v) is 7.82. The molecule has 0 aliphatic carbocycles. The SMILES string of the molecule is Cc1ccc(C(=O)NCC(=O)NNC(=O)c2ccc(COc3ccc(Cl)cc3)cc2)cc1[N+](=O)[O-]. The number of benzene rings is 3. The van der Waals surface area contributed by atoms with Crippen LogP contribution in [0.25, 0.3) is 0 Å². The van der Waals surface area contributed by atoms with Crippen molar-refractivity contribution in [2.45, 2.75) is 13.5 Å². The minimum absolute atomic E-state index is 0.0410. The lowest BCUT2D eigenvalue weighted by Crippen LogP contribution is -2.46. The summed E-state index contributed by atoms with van der Waals surface area (Å²) in [7, 11) is 0. The Labute approximate surface area is 205 Å². The zero-order chi connectivity index (χ0) is 25.4. The Kier molecular flexibility index (Phi) is 8.36. The van der Waals surface area contributed by atoms with Crippen LogP contribution in [0.3, 0.4) is 0 Å². The number of nitrogens with one attached hydrogen (secondary N) is 3. The maximum absolute atomic E-state index is 12.2. The Balaban J connectivity index is 1.43. The van der Waals surface area contributed by atoms with Gasteiger partial charge in [0.2, 0.25) is 0 Å². The molecule has 0 aliphatic heterocycles. The quantitative estimate of drug-likeness (QED) is 0.323. The molecule has 0 bridgehead atoms. The molecule has 180 valence electrons. The third-order valence-corrected chi connectivity index (χ3v) is 5.08. The monoisotopic (exact) mass is 496 g/mol. The number of hydrogen-bond donors (Lipinski definition) is 3. The van der Waals surface area contributed by atoms with E-state index < -0.39 is 29.2 Å². The van der Waals surface area contributed by atoms with Gasteiger partial charge in [0, 0.05) is 27.8 Å². The average molecular weight is 497 g/mol. The average Bonchev–Trinajstić information content (AvgIpc) is 2.86. The topological polar surface area (TPSA) is 140 Å². The summed E-state index contributed by atoms with van der Waals surface area (Å²) in [6.45, 7) is 1.41. The molecule has 0 fully saturated rings. The number of amides is 3. The molecule has 3 aromatic carbocycles. The first-order valence-corrected chi connectivity index (χ1v) is 10.7. The van der Waals surface area contributed by atoms with Crippen molar-refractivity contribution in [3.8, 4) is 5.75 Å². The Morgan fingerprint density at radius 2 is 1.57 bits per heavy atom. The van der Waals surface area contributed by atoms with E-state index in [4.69, 9.17) is 16.3 Å². The van der Waals surface area contributed by atoms with Gasteiger partial charge in [-0.3, -0.25) is 35.3 Å². The summed E-state index contributed by atoms with van der Waals surface area (Å²) in [6, 6.07) is 17.5. The van der Waals surface area contributed by atoms with Crippen LogP contribution in [0.15, 0.2) is 66.7 Å². The number of carbonyl (C=O) groups is 3. The predicted octanol–water partition coefficient (Wildman–Crippen LogP) is 3.33. The Hall–Kier alpha value is -4.44. The van der Waals surface area contributed by atoms with Gasteiger partial charge in [-0.05, 0) is 55.0 Å². The van der Waals surface area contributed by atoms with Crippen LogP contribution in [-0.4, -0.2) is 29.2 Å². The third-order valence-electron chi connectivity index (χ3n) is 4.83. The van der Waals surface area contributed by atoms with Crippen molar-refractivity contribution in [1.82, 2.24) is 16.2 Å². The summed E-state index contributed by atoms with van der Waals surface area (Å²) in [5, 5.41) is 14.0. The molecule has 10 nitrogen and oxygen atoms in total. The number of hydrazine groups is 1. The van der Waals surface area contributed by atoms with Crippen LogP contribution in [0.5, 0.6) is 5.75 Å². The predicted molar refractivity (Wildman–Crippen MR) is 128 cm³/mol. The lowest BCUT2D eigenvalue weighted by Gasteiger charge is -2.10. The summed E-state index contributed by atoms with van der Waals surface area (Å²) in [5.41, 5.74) is 5.84. The van der Waals surface area contributed by atoms with Crippen molar-refractivity contribution in [3.63, 3.8) is 0 Å². The van der Waals surface area contributed by atoms with E-state index >= 15 is 0 Å². The Bertz CT molecular complexity index is 1250. The molecular formula is C24H21ClN4O6. The van der Waals surface area contributed by atoms with E-state index in [2.05, 4.69) is 16.2 Å². The molecule has 3 amide bonds. The van der Waals surface area contributed by atoms with Crippen molar-refractivity contribution >= 4 is 35.0 Å². The third kappa shape index (κ3) is 7.27. The van der Waals surface area contributed by atoms with Gasteiger partial charge in [0.1, 0.15) is 12.4 Å². The number of halogens is 1. The molecule has 0 heterocycles. The second-order valence-electron chi connectivity index (χ2n) is 7.38. The van der Waals surface area contributed by atoms with Gasteiger partial charge < -0.3 is 10.1 Å². The maximum atomic E-state index is 12.2. The molecule has 0 saturated carbocycles. The standard InChI is InChI=1S/C24H21ClN4O6/c1-15-2-5-18(12-21(15)29(33)34)23(31)26-13-22(30)27-28-24(32)17-6-3-16(4-7-17)14-35-20-10-8-19(25)9-11-20/h2-12H,13-14H2,1H3,(H,26,31)(H,27,30)(H,28,32). The molecule has 3 rings (SSSR count). The largest absolute Gasteiger partial charge is 0.489 e. The molecular weight excluding hydrogens is 476 g/mol. The zero-order valence-electron chi connectivity index (χ0n) is 18.5. The fourth-order valence-electron chi connectivity index (χ4n) is 2.90. The highest BCUT2D eigenvalue weighted by atomic mass is 35.5. The molecule has 3 aromatic rings. The second kappa shape index (κ2) is 11.6. The van der Waals surface area contributed by atoms with Crippen molar-refractivity contribution in [2.24, 2.45) is 0 Å². The first kappa shape index (κ1) is 25.2. The van der Waals surface area contributed by atoms with Crippen LogP contribution < -0.4 is 20.9 Å². The lowest BCUT2D eigenvalue weighted by molar-refractivity contribution is -0.385. The Morgan fingerprint density at radius 1 is 0.914 bits per heavy atom. The van der Waals surface area contributed by atoms with Gasteiger partial charge in [0.05, 0.1) is 11.5 Å². The Morgan fingerprint density at radius 3 is 2.23 bits per heavy atom. The molecule has 11 heteroatoms. The number of carbonyl (C=O) groups excluding carboxylic acids is 3. The summed E-state index contributed by atoms with van der Waals surface area (Å²) in [6.07, 6.45) is 0. The normalized spacial score (nSPS) is 10.2. The fraction of sp³-hybridized carbons (Fsp3) is 0.125. The zero-order valence-corrected chi connectivity index (χ0v) is 19.3. The molecule has 35 heavy (non-hydrogen) atoms. The minimum atomic E-state index is -0.679. The number of nitro benzene ring substituents is 1. The summed E-state index contributed by atoms with van der Waals surface area (Å²) >= 11 is 5.84. The van der Waals surface area contributed by atoms with Crippen LogP contribution in [-0.2, 0) is 11.4 Å². The number of aryl methyl sites for hydroxylation is 1. The van der Waals surface area contributed by atoms with Gasteiger partial charge in [-0.1, -0.05) is 29.8 Å². The van der Waals surface area contributed by atoms with E-state index in [1.54, 1.807) is 55.5 Å². The van der Waals surface area contributed by atoms with E-state index in [0.29, 0.717) is 28.5 Å². The molecule has 3 N–H and O–H groups in total. The first-order valence-electron chi connectivity index (χ1n) is 10.3. The number of hydrogen-bond acceptors (Lipinski definition) is 6. The number of ether oxygens (including phenoxy) is 1. The van der Waals surface area contributed by atoms with Crippen LogP contribution in [0, 0.1) is 17.0 Å². The van der Waals surface area contributed by atoms with Gasteiger partial charge in [-0.2, -0.15) is 0 Å². The number of nitro groups is 1. The molecule has 0 unspecified atom stereocenters. The fourth-order valence-corrected chi connectivity index (χ4v) is 3.03. The van der Waals surface area contributed by atoms with Crippen LogP contribution in [0.2, 0.25) is 5.02 Å². The van der Waals surface area contributed by atoms with Crippen molar-refractivity contribution in [2.75, 3.05) is 6.54 Å². The van der Waals surface area contributed by atoms with E-state index in [9.17, 15) is 24.5 Å². The number of nitrogens with zero attached hydrogens (tertiary/aromatic N) is 1. The highest BCUT2D eigenvalue weighted by Gasteiger charge is 2.16. The summed E-state index contributed by atoms with van der Waals surface area (Å²) in [4.78, 5) is 46.8. The highest BCUT2D eigenvalue weighted by Crippen LogP contribution is 2.19. The maximum Gasteiger partial charge on any atom is 0.273 e. The van der Waals surface area contributed by atoms with E-state index in [1.807, 2.05) is 0 Å². The van der Waals surface area contributed by atoms with E-state index in [-0.39, 0.29) is 11.3 Å². The lowest BCUT2D eigenvalue weighted by atomic mass is 10.1. The van der Waals surface area contributed by atoms with Crippen molar-refractivity contribution < 1.29 is 24.0 Å². The smallest absolute Gasteiger partial charge is 0.273 e. The summed E-state index contributed by atoms with van der Waals surface area (Å²) in [5.74, 6) is -1.23. The molecule has 0 aliphatic rings. The van der Waals surface area contributed by atoms with Gasteiger partial charge in [-0.15, -0.1) is 0 Å². The molecule has 0 radical (unpaired) electrons. The van der Waals surface area contributed by atoms with Crippen LogP contribution in [0.4, 0.5) is 5.69 Å². The van der Waals surface area contributed by atoms with Crippen molar-refractivity contribution in [3.05, 3.63) is 104 Å². The van der Waals surface area contributed by atoms with Crippen LogP contribution in [0.1, 0.15) is 31.8 Å². The molecule has 0 atom stereocenters. The molecule has 0 spiro atoms. The van der Waals surface area contributed by atoms with E-state index in [1.165, 1.54) is 12.1 Å². The van der Waals surface area contributed by atoms with Crippen LogP contribution >= 0.6 is 11.6 Å².